The Kier molecular flexibility index (Phi) is 5.89. The maximum absolute atomic E-state index is 11.8. The highest BCUT2D eigenvalue weighted by Crippen LogP contribution is 2.07. The van der Waals surface area contributed by atoms with E-state index in [1.807, 2.05) is 19.1 Å². The molecule has 18 heavy (non-hydrogen) atoms. The number of carbonyl (C=O) groups is 1. The van der Waals surface area contributed by atoms with E-state index >= 15 is 0 Å². The summed E-state index contributed by atoms with van der Waals surface area (Å²) in [4.78, 5) is 13.5. The molecule has 0 unspecified atom stereocenters. The van der Waals surface area contributed by atoms with Gasteiger partial charge >= 0.3 is 0 Å². The molecule has 96 valence electrons. The zero-order valence-corrected chi connectivity index (χ0v) is 10.6. The summed E-state index contributed by atoms with van der Waals surface area (Å²) in [5.74, 6) is 0.0518. The minimum absolute atomic E-state index is 0.00353. The zero-order valence-electron chi connectivity index (χ0n) is 10.6. The summed E-state index contributed by atoms with van der Waals surface area (Å²) in [5.41, 5.74) is 1.67. The van der Waals surface area contributed by atoms with Gasteiger partial charge in [-0.2, -0.15) is 5.26 Å². The molecule has 0 aliphatic carbocycles. The van der Waals surface area contributed by atoms with Crippen LogP contribution in [-0.4, -0.2) is 35.6 Å². The van der Waals surface area contributed by atoms with Crippen molar-refractivity contribution in [3.63, 3.8) is 0 Å². The second-order valence-corrected chi connectivity index (χ2v) is 4.01. The number of aliphatic hydroxyl groups is 1. The Bertz CT molecular complexity index is 420. The van der Waals surface area contributed by atoms with Gasteiger partial charge in [-0.1, -0.05) is 12.1 Å². The van der Waals surface area contributed by atoms with Crippen LogP contribution in [0.15, 0.2) is 24.3 Å². The van der Waals surface area contributed by atoms with Gasteiger partial charge < -0.3 is 10.0 Å². The molecular weight excluding hydrogens is 228 g/mol. The van der Waals surface area contributed by atoms with Crippen molar-refractivity contribution in [3.05, 3.63) is 35.4 Å². The Balaban J connectivity index is 2.48. The Hall–Kier alpha value is -1.86. The van der Waals surface area contributed by atoms with Crippen LogP contribution in [-0.2, 0) is 11.2 Å². The van der Waals surface area contributed by atoms with Gasteiger partial charge in [-0.3, -0.25) is 4.79 Å². The molecule has 1 N–H and O–H groups in total. The standard InChI is InChI=1S/C14H18N2O2/c1-2-16(9-10-17)14(18)8-7-12-3-5-13(11-15)6-4-12/h3-6,17H,2,7-10H2,1H3. The number of rotatable bonds is 6. The monoisotopic (exact) mass is 246 g/mol. The van der Waals surface area contributed by atoms with Gasteiger partial charge in [0.15, 0.2) is 0 Å². The van der Waals surface area contributed by atoms with E-state index in [-0.39, 0.29) is 12.5 Å². The summed E-state index contributed by atoms with van der Waals surface area (Å²) in [6, 6.07) is 9.31. The number of hydrogen-bond donors (Lipinski definition) is 1. The van der Waals surface area contributed by atoms with Gasteiger partial charge in [-0.05, 0) is 31.0 Å². The maximum atomic E-state index is 11.8. The number of hydrogen-bond acceptors (Lipinski definition) is 3. The highest BCUT2D eigenvalue weighted by atomic mass is 16.3. The van der Waals surface area contributed by atoms with Crippen molar-refractivity contribution in [2.75, 3.05) is 19.7 Å². The van der Waals surface area contributed by atoms with E-state index in [1.54, 1.807) is 17.0 Å². The van der Waals surface area contributed by atoms with Crippen LogP contribution < -0.4 is 0 Å². The highest BCUT2D eigenvalue weighted by Gasteiger charge is 2.10. The summed E-state index contributed by atoms with van der Waals surface area (Å²) in [6.45, 7) is 2.90. The molecule has 0 saturated carbocycles. The summed E-state index contributed by atoms with van der Waals surface area (Å²) < 4.78 is 0. The molecule has 0 aromatic heterocycles. The van der Waals surface area contributed by atoms with Crippen LogP contribution in [0.3, 0.4) is 0 Å². The van der Waals surface area contributed by atoms with E-state index in [0.717, 1.165) is 5.56 Å². The number of aryl methyl sites for hydroxylation is 1. The third-order valence-corrected chi connectivity index (χ3v) is 2.81. The summed E-state index contributed by atoms with van der Waals surface area (Å²) >= 11 is 0. The molecule has 1 aromatic rings. The van der Waals surface area contributed by atoms with Gasteiger partial charge in [0.25, 0.3) is 0 Å². The van der Waals surface area contributed by atoms with Gasteiger partial charge in [-0.25, -0.2) is 0 Å². The minimum Gasteiger partial charge on any atom is -0.395 e. The molecule has 0 spiro atoms. The number of carbonyl (C=O) groups excluding carboxylic acids is 1. The summed E-state index contributed by atoms with van der Waals surface area (Å²) in [7, 11) is 0. The predicted octanol–water partition coefficient (Wildman–Crippen LogP) is 1.33. The number of nitriles is 1. The van der Waals surface area contributed by atoms with E-state index in [2.05, 4.69) is 6.07 Å². The number of aliphatic hydroxyl groups excluding tert-OH is 1. The zero-order chi connectivity index (χ0) is 13.4. The number of amides is 1. The number of nitrogens with zero attached hydrogens (tertiary/aromatic N) is 2. The number of likely N-dealkylation sites (N-methyl/N-ethyl adjacent to an activating group) is 1. The third kappa shape index (κ3) is 4.19. The van der Waals surface area contributed by atoms with Gasteiger partial charge in [-0.15, -0.1) is 0 Å². The van der Waals surface area contributed by atoms with Crippen LogP contribution in [0.5, 0.6) is 0 Å². The molecule has 1 rings (SSSR count). The molecule has 4 nitrogen and oxygen atoms in total. The summed E-state index contributed by atoms with van der Waals surface area (Å²) in [5, 5.41) is 17.5. The Morgan fingerprint density at radius 2 is 2.06 bits per heavy atom. The average Bonchev–Trinajstić information content (AvgIpc) is 2.42. The predicted molar refractivity (Wildman–Crippen MR) is 68.8 cm³/mol. The van der Waals surface area contributed by atoms with Crippen molar-refractivity contribution in [1.82, 2.24) is 4.90 Å². The molecule has 4 heteroatoms. The van der Waals surface area contributed by atoms with Gasteiger partial charge in [0.1, 0.15) is 0 Å². The first kappa shape index (κ1) is 14.2. The van der Waals surface area contributed by atoms with Crippen molar-refractivity contribution < 1.29 is 9.90 Å². The largest absolute Gasteiger partial charge is 0.395 e. The second kappa shape index (κ2) is 7.46. The first-order valence-electron chi connectivity index (χ1n) is 6.09. The minimum atomic E-state index is -0.00353. The first-order valence-corrected chi connectivity index (χ1v) is 6.09. The maximum Gasteiger partial charge on any atom is 0.222 e. The molecular formula is C14H18N2O2. The van der Waals surface area contributed by atoms with Crippen molar-refractivity contribution >= 4 is 5.91 Å². The Morgan fingerprint density at radius 1 is 1.39 bits per heavy atom. The average molecular weight is 246 g/mol. The lowest BCUT2D eigenvalue weighted by Gasteiger charge is -2.19. The topological polar surface area (TPSA) is 64.3 Å². The van der Waals surface area contributed by atoms with E-state index < -0.39 is 0 Å². The van der Waals surface area contributed by atoms with Crippen molar-refractivity contribution in [2.24, 2.45) is 0 Å². The third-order valence-electron chi connectivity index (χ3n) is 2.81. The van der Waals surface area contributed by atoms with E-state index in [0.29, 0.717) is 31.5 Å². The molecule has 0 saturated heterocycles. The fourth-order valence-corrected chi connectivity index (χ4v) is 1.74. The summed E-state index contributed by atoms with van der Waals surface area (Å²) in [6.07, 6.45) is 1.09. The van der Waals surface area contributed by atoms with Crippen LogP contribution >= 0.6 is 0 Å². The van der Waals surface area contributed by atoms with Crippen LogP contribution in [0.2, 0.25) is 0 Å². The van der Waals surface area contributed by atoms with Crippen LogP contribution in [0.4, 0.5) is 0 Å². The molecule has 0 heterocycles. The van der Waals surface area contributed by atoms with E-state index in [1.165, 1.54) is 0 Å². The number of benzene rings is 1. The van der Waals surface area contributed by atoms with Crippen molar-refractivity contribution in [1.29, 1.82) is 5.26 Å². The molecule has 0 fully saturated rings. The molecule has 0 aliphatic rings. The molecule has 1 amide bonds. The lowest BCUT2D eigenvalue weighted by Crippen LogP contribution is -2.33. The Labute approximate surface area is 107 Å². The molecule has 1 aromatic carbocycles. The fraction of sp³-hybridized carbons (Fsp3) is 0.429. The molecule has 0 bridgehead atoms. The van der Waals surface area contributed by atoms with E-state index in [9.17, 15) is 4.79 Å². The lowest BCUT2D eigenvalue weighted by atomic mass is 10.1. The lowest BCUT2D eigenvalue weighted by molar-refractivity contribution is -0.131. The smallest absolute Gasteiger partial charge is 0.222 e. The molecule has 0 atom stereocenters. The van der Waals surface area contributed by atoms with Gasteiger partial charge in [0, 0.05) is 19.5 Å². The van der Waals surface area contributed by atoms with Gasteiger partial charge in [0.05, 0.1) is 18.2 Å². The highest BCUT2D eigenvalue weighted by molar-refractivity contribution is 5.76. The first-order chi connectivity index (χ1) is 8.71. The fourth-order valence-electron chi connectivity index (χ4n) is 1.74. The van der Waals surface area contributed by atoms with E-state index in [4.69, 9.17) is 10.4 Å². The molecule has 0 radical (unpaired) electrons. The van der Waals surface area contributed by atoms with Crippen LogP contribution in [0.25, 0.3) is 0 Å². The SMILES string of the molecule is CCN(CCO)C(=O)CCc1ccc(C#N)cc1. The second-order valence-electron chi connectivity index (χ2n) is 4.01. The molecule has 0 aliphatic heterocycles. The van der Waals surface area contributed by atoms with Crippen LogP contribution in [0, 0.1) is 11.3 Å². The van der Waals surface area contributed by atoms with Crippen LogP contribution in [0.1, 0.15) is 24.5 Å². The normalized spacial score (nSPS) is 9.83. The van der Waals surface area contributed by atoms with Gasteiger partial charge in [0.2, 0.25) is 5.91 Å². The van der Waals surface area contributed by atoms with Crippen molar-refractivity contribution in [3.8, 4) is 6.07 Å². The Morgan fingerprint density at radius 3 is 2.56 bits per heavy atom. The quantitative estimate of drug-likeness (QED) is 0.823. The van der Waals surface area contributed by atoms with Crippen molar-refractivity contribution in [2.45, 2.75) is 19.8 Å².